The van der Waals surface area contributed by atoms with Crippen molar-refractivity contribution in [2.24, 2.45) is 0 Å². The zero-order valence-corrected chi connectivity index (χ0v) is 15.3. The van der Waals surface area contributed by atoms with Crippen LogP contribution < -0.4 is 0 Å². The van der Waals surface area contributed by atoms with E-state index in [-0.39, 0.29) is 18.4 Å². The number of cyclic esters (lactones) is 1. The van der Waals surface area contributed by atoms with Gasteiger partial charge in [-0.15, -0.1) is 0 Å². The zero-order chi connectivity index (χ0) is 18.7. The van der Waals surface area contributed by atoms with E-state index in [0.29, 0.717) is 5.56 Å². The summed E-state index contributed by atoms with van der Waals surface area (Å²) in [4.78, 5) is 38.7. The molecule has 1 aromatic rings. The number of carbonyl (C=O) groups excluding carboxylic acids is 3. The van der Waals surface area contributed by atoms with Crippen LogP contribution in [0.3, 0.4) is 0 Å². The molecule has 1 saturated carbocycles. The second-order valence-electron chi connectivity index (χ2n) is 7.08. The molecule has 0 radical (unpaired) electrons. The maximum Gasteiger partial charge on any atom is 0.348 e. The number of amides is 1. The third-order valence-electron chi connectivity index (χ3n) is 5.27. The van der Waals surface area contributed by atoms with Crippen molar-refractivity contribution < 1.29 is 23.9 Å². The normalized spacial score (nSPS) is 21.3. The fourth-order valence-corrected chi connectivity index (χ4v) is 3.70. The number of fused-ring (bicyclic) bond motifs is 1. The topological polar surface area (TPSA) is 72.9 Å². The molecule has 1 amide bonds. The first-order chi connectivity index (χ1) is 12.5. The summed E-state index contributed by atoms with van der Waals surface area (Å²) in [5.41, 5.74) is 1.22. The minimum atomic E-state index is -1.01. The Kier molecular flexibility index (Phi) is 5.59. The van der Waals surface area contributed by atoms with E-state index in [2.05, 4.69) is 0 Å². The predicted molar refractivity (Wildman–Crippen MR) is 94.5 cm³/mol. The van der Waals surface area contributed by atoms with Crippen LogP contribution >= 0.6 is 0 Å². The average Bonchev–Trinajstić information content (AvgIpc) is 2.67. The number of hydrogen-bond donors (Lipinski definition) is 0. The van der Waals surface area contributed by atoms with Crippen LogP contribution in [0.15, 0.2) is 24.3 Å². The number of nitrogens with zero attached hydrogens (tertiary/aromatic N) is 1. The Labute approximate surface area is 153 Å². The number of benzene rings is 1. The quantitative estimate of drug-likeness (QED) is 0.772. The van der Waals surface area contributed by atoms with Crippen molar-refractivity contribution in [2.75, 3.05) is 7.05 Å². The molecule has 2 atom stereocenters. The summed E-state index contributed by atoms with van der Waals surface area (Å²) < 4.78 is 10.5. The maximum absolute atomic E-state index is 12.6. The first-order valence-corrected chi connectivity index (χ1v) is 9.23. The molecule has 26 heavy (non-hydrogen) atoms. The molecule has 3 rings (SSSR count). The van der Waals surface area contributed by atoms with Gasteiger partial charge in [-0.25, -0.2) is 9.59 Å². The van der Waals surface area contributed by atoms with Crippen LogP contribution in [0.25, 0.3) is 0 Å². The monoisotopic (exact) mass is 359 g/mol. The highest BCUT2D eigenvalue weighted by molar-refractivity contribution is 5.95. The third kappa shape index (κ3) is 3.89. The molecule has 1 aliphatic heterocycles. The number of rotatable bonds is 4. The molecule has 1 heterocycles. The number of ether oxygens (including phenoxy) is 2. The van der Waals surface area contributed by atoms with Crippen LogP contribution in [0.1, 0.15) is 54.9 Å². The Balaban J connectivity index is 1.59. The van der Waals surface area contributed by atoms with E-state index >= 15 is 0 Å². The van der Waals surface area contributed by atoms with Gasteiger partial charge in [-0.3, -0.25) is 4.79 Å². The highest BCUT2D eigenvalue weighted by atomic mass is 16.6. The lowest BCUT2D eigenvalue weighted by Crippen LogP contribution is -2.46. The fourth-order valence-electron chi connectivity index (χ4n) is 3.70. The molecule has 0 saturated heterocycles. The van der Waals surface area contributed by atoms with E-state index in [0.717, 1.165) is 31.2 Å². The highest BCUT2D eigenvalue weighted by Crippen LogP contribution is 2.24. The van der Waals surface area contributed by atoms with Gasteiger partial charge in [0.1, 0.15) is 0 Å². The maximum atomic E-state index is 12.6. The Morgan fingerprint density at radius 1 is 1.19 bits per heavy atom. The lowest BCUT2D eigenvalue weighted by Gasteiger charge is -2.33. The summed E-state index contributed by atoms with van der Waals surface area (Å²) in [5.74, 6) is -1.43. The number of hydrogen-bond acceptors (Lipinski definition) is 5. The van der Waals surface area contributed by atoms with Crippen molar-refractivity contribution >= 4 is 17.8 Å². The average molecular weight is 359 g/mol. The molecule has 0 bridgehead atoms. The Morgan fingerprint density at radius 2 is 1.88 bits per heavy atom. The van der Waals surface area contributed by atoms with Gasteiger partial charge in [0.2, 0.25) is 6.10 Å². The minimum Gasteiger partial charge on any atom is -0.450 e. The van der Waals surface area contributed by atoms with E-state index in [9.17, 15) is 14.4 Å². The minimum absolute atomic E-state index is 0.205. The van der Waals surface area contributed by atoms with Crippen LogP contribution in [-0.2, 0) is 25.5 Å². The Hall–Kier alpha value is -2.37. The van der Waals surface area contributed by atoms with Crippen LogP contribution in [0.5, 0.6) is 0 Å². The van der Waals surface area contributed by atoms with E-state index in [1.54, 1.807) is 37.1 Å². The SMILES string of the molecule is C[C@H](OC(=O)[C@H]1Cc2ccccc2C(=O)O1)C(=O)N(C)C1CCCCC1. The van der Waals surface area contributed by atoms with Gasteiger partial charge in [0.15, 0.2) is 6.10 Å². The van der Waals surface area contributed by atoms with Gasteiger partial charge < -0.3 is 14.4 Å². The molecule has 1 fully saturated rings. The number of likely N-dealkylation sites (N-methyl/N-ethyl adjacent to an activating group) is 1. The molecular formula is C20H25NO5. The van der Waals surface area contributed by atoms with E-state index in [4.69, 9.17) is 9.47 Å². The van der Waals surface area contributed by atoms with Gasteiger partial charge in [0, 0.05) is 19.5 Å². The number of carbonyl (C=O) groups is 3. The van der Waals surface area contributed by atoms with E-state index in [1.807, 2.05) is 6.07 Å². The van der Waals surface area contributed by atoms with Gasteiger partial charge in [-0.2, -0.15) is 0 Å². The number of esters is 2. The summed E-state index contributed by atoms with van der Waals surface area (Å²) >= 11 is 0. The lowest BCUT2D eigenvalue weighted by molar-refractivity contribution is -0.167. The van der Waals surface area contributed by atoms with Gasteiger partial charge in [0.05, 0.1) is 5.56 Å². The van der Waals surface area contributed by atoms with Crippen molar-refractivity contribution in [1.82, 2.24) is 4.90 Å². The van der Waals surface area contributed by atoms with Crippen LogP contribution in [0, 0.1) is 0 Å². The van der Waals surface area contributed by atoms with Crippen molar-refractivity contribution in [3.8, 4) is 0 Å². The van der Waals surface area contributed by atoms with Crippen LogP contribution in [-0.4, -0.2) is 48.0 Å². The smallest absolute Gasteiger partial charge is 0.348 e. The molecule has 1 aliphatic carbocycles. The van der Waals surface area contributed by atoms with Crippen molar-refractivity contribution in [2.45, 2.75) is 63.7 Å². The first kappa shape index (κ1) is 18.4. The van der Waals surface area contributed by atoms with E-state index < -0.39 is 24.1 Å². The summed E-state index contributed by atoms with van der Waals surface area (Å²) in [6.07, 6.45) is 3.78. The van der Waals surface area contributed by atoms with Gasteiger partial charge >= 0.3 is 11.9 Å². The molecule has 6 nitrogen and oxygen atoms in total. The summed E-state index contributed by atoms with van der Waals surface area (Å²) in [5, 5.41) is 0. The molecule has 140 valence electrons. The van der Waals surface area contributed by atoms with Crippen LogP contribution in [0.2, 0.25) is 0 Å². The summed E-state index contributed by atoms with van der Waals surface area (Å²) in [7, 11) is 1.76. The molecule has 2 aliphatic rings. The van der Waals surface area contributed by atoms with Gasteiger partial charge in [-0.1, -0.05) is 37.5 Å². The van der Waals surface area contributed by atoms with Crippen LogP contribution in [0.4, 0.5) is 0 Å². The highest BCUT2D eigenvalue weighted by Gasteiger charge is 2.35. The molecule has 6 heteroatoms. The molecule has 0 spiro atoms. The third-order valence-corrected chi connectivity index (χ3v) is 5.27. The Bertz CT molecular complexity index is 695. The van der Waals surface area contributed by atoms with Crippen molar-refractivity contribution in [3.05, 3.63) is 35.4 Å². The van der Waals surface area contributed by atoms with Gasteiger partial charge in [0.25, 0.3) is 5.91 Å². The second kappa shape index (κ2) is 7.89. The summed E-state index contributed by atoms with van der Waals surface area (Å²) in [6.45, 7) is 1.57. The molecule has 0 aromatic heterocycles. The molecule has 1 aromatic carbocycles. The lowest BCUT2D eigenvalue weighted by atomic mass is 9.94. The second-order valence-corrected chi connectivity index (χ2v) is 7.08. The molecule has 0 unspecified atom stereocenters. The molecular weight excluding hydrogens is 334 g/mol. The first-order valence-electron chi connectivity index (χ1n) is 9.23. The van der Waals surface area contributed by atoms with E-state index in [1.165, 1.54) is 6.42 Å². The fraction of sp³-hybridized carbons (Fsp3) is 0.550. The standard InChI is InChI=1S/C20H25NO5/c1-13(18(22)21(2)15-9-4-3-5-10-15)25-20(24)17-12-14-8-6-7-11-16(14)19(23)26-17/h6-8,11,13,15,17H,3-5,9-10,12H2,1-2H3/t13-,17+/m0/s1. The van der Waals surface area contributed by atoms with Crippen molar-refractivity contribution in [1.29, 1.82) is 0 Å². The molecule has 0 N–H and O–H groups in total. The predicted octanol–water partition coefficient (Wildman–Crippen LogP) is 2.49. The van der Waals surface area contributed by atoms with Crippen molar-refractivity contribution in [3.63, 3.8) is 0 Å². The zero-order valence-electron chi connectivity index (χ0n) is 15.3. The largest absolute Gasteiger partial charge is 0.450 e. The summed E-state index contributed by atoms with van der Waals surface area (Å²) in [6, 6.07) is 7.23. The van der Waals surface area contributed by atoms with Gasteiger partial charge in [-0.05, 0) is 31.4 Å². The Morgan fingerprint density at radius 3 is 2.62 bits per heavy atom.